The van der Waals surface area contributed by atoms with Crippen LogP contribution in [0.3, 0.4) is 0 Å². The standard InChI is InChI=1S/C13H24N2/c1-11-9-14-7-3-12(11)15-8-2-4-13(10-15)5-6-13/h11-12,14H,2-10H2,1H3. The SMILES string of the molecule is CC1CNCCC1N1CCCC2(CC2)C1. The van der Waals surface area contributed by atoms with E-state index < -0.39 is 0 Å². The molecule has 0 aromatic carbocycles. The fourth-order valence-electron chi connectivity index (χ4n) is 3.66. The van der Waals surface area contributed by atoms with Crippen LogP contribution in [0.15, 0.2) is 0 Å². The van der Waals surface area contributed by atoms with Crippen LogP contribution in [-0.4, -0.2) is 37.1 Å². The van der Waals surface area contributed by atoms with Crippen LogP contribution in [0.2, 0.25) is 0 Å². The Hall–Kier alpha value is -0.0800. The molecule has 0 aromatic rings. The predicted octanol–water partition coefficient (Wildman–Crippen LogP) is 1.86. The molecule has 2 saturated heterocycles. The van der Waals surface area contributed by atoms with Gasteiger partial charge in [-0.2, -0.15) is 0 Å². The molecule has 2 heterocycles. The Balaban J connectivity index is 1.64. The molecule has 3 fully saturated rings. The zero-order valence-corrected chi connectivity index (χ0v) is 9.97. The van der Waals surface area contributed by atoms with Crippen LogP contribution in [0.25, 0.3) is 0 Å². The quantitative estimate of drug-likeness (QED) is 0.707. The maximum absolute atomic E-state index is 3.51. The zero-order chi connectivity index (χ0) is 10.3. The third-order valence-electron chi connectivity index (χ3n) is 4.86. The van der Waals surface area contributed by atoms with Crippen molar-refractivity contribution in [2.45, 2.75) is 45.1 Å². The number of nitrogens with one attached hydrogen (secondary N) is 1. The van der Waals surface area contributed by atoms with E-state index in [0.29, 0.717) is 0 Å². The lowest BCUT2D eigenvalue weighted by atomic mass is 9.88. The van der Waals surface area contributed by atoms with Crippen LogP contribution >= 0.6 is 0 Å². The lowest BCUT2D eigenvalue weighted by molar-refractivity contribution is 0.0657. The third-order valence-corrected chi connectivity index (χ3v) is 4.86. The molecule has 2 nitrogen and oxygen atoms in total. The van der Waals surface area contributed by atoms with Crippen molar-refractivity contribution in [3.8, 4) is 0 Å². The molecule has 0 radical (unpaired) electrons. The Morgan fingerprint density at radius 1 is 1.27 bits per heavy atom. The second kappa shape index (κ2) is 3.74. The van der Waals surface area contributed by atoms with Crippen molar-refractivity contribution in [2.24, 2.45) is 11.3 Å². The van der Waals surface area contributed by atoms with Crippen LogP contribution in [0.5, 0.6) is 0 Å². The molecule has 86 valence electrons. The minimum Gasteiger partial charge on any atom is -0.316 e. The highest BCUT2D eigenvalue weighted by atomic mass is 15.2. The molecule has 1 saturated carbocycles. The summed E-state index contributed by atoms with van der Waals surface area (Å²) in [6.07, 6.45) is 7.38. The van der Waals surface area contributed by atoms with Crippen molar-refractivity contribution in [1.29, 1.82) is 0 Å². The van der Waals surface area contributed by atoms with E-state index in [2.05, 4.69) is 17.1 Å². The van der Waals surface area contributed by atoms with E-state index in [4.69, 9.17) is 0 Å². The highest BCUT2D eigenvalue weighted by molar-refractivity contribution is 5.00. The molecule has 0 amide bonds. The molecule has 2 aliphatic heterocycles. The highest BCUT2D eigenvalue weighted by Gasteiger charge is 2.46. The minimum atomic E-state index is 0.794. The van der Waals surface area contributed by atoms with Gasteiger partial charge in [-0.05, 0) is 63.1 Å². The molecule has 3 rings (SSSR count). The van der Waals surface area contributed by atoms with Crippen molar-refractivity contribution >= 4 is 0 Å². The third kappa shape index (κ3) is 1.94. The molecule has 1 aliphatic carbocycles. The lowest BCUT2D eigenvalue weighted by Crippen LogP contribution is -2.52. The molecule has 0 aromatic heterocycles. The maximum atomic E-state index is 3.51. The van der Waals surface area contributed by atoms with Crippen LogP contribution in [-0.2, 0) is 0 Å². The van der Waals surface area contributed by atoms with E-state index in [1.807, 2.05) is 0 Å². The van der Waals surface area contributed by atoms with Crippen molar-refractivity contribution in [3.63, 3.8) is 0 Å². The van der Waals surface area contributed by atoms with Gasteiger partial charge in [-0.25, -0.2) is 0 Å². The van der Waals surface area contributed by atoms with Gasteiger partial charge < -0.3 is 5.32 Å². The van der Waals surface area contributed by atoms with Crippen LogP contribution in [0.1, 0.15) is 39.0 Å². The van der Waals surface area contributed by atoms with Crippen molar-refractivity contribution in [2.75, 3.05) is 26.2 Å². The summed E-state index contributed by atoms with van der Waals surface area (Å²) in [5, 5.41) is 3.51. The zero-order valence-electron chi connectivity index (χ0n) is 9.97. The predicted molar refractivity (Wildman–Crippen MR) is 62.9 cm³/mol. The Labute approximate surface area is 93.4 Å². The van der Waals surface area contributed by atoms with Gasteiger partial charge in [0.05, 0.1) is 0 Å². The van der Waals surface area contributed by atoms with E-state index in [-0.39, 0.29) is 0 Å². The molecule has 2 heteroatoms. The van der Waals surface area contributed by atoms with E-state index in [1.165, 1.54) is 58.3 Å². The maximum Gasteiger partial charge on any atom is 0.0145 e. The Bertz CT molecular complexity index is 235. The Morgan fingerprint density at radius 3 is 2.87 bits per heavy atom. The lowest BCUT2D eigenvalue weighted by Gasteiger charge is -2.43. The van der Waals surface area contributed by atoms with Gasteiger partial charge in [-0.15, -0.1) is 0 Å². The fraction of sp³-hybridized carbons (Fsp3) is 1.00. The van der Waals surface area contributed by atoms with Crippen molar-refractivity contribution in [1.82, 2.24) is 10.2 Å². The second-order valence-electron chi connectivity index (χ2n) is 6.11. The van der Waals surface area contributed by atoms with E-state index in [0.717, 1.165) is 17.4 Å². The van der Waals surface area contributed by atoms with Gasteiger partial charge in [0.1, 0.15) is 0 Å². The first-order valence-corrected chi connectivity index (χ1v) is 6.74. The number of rotatable bonds is 1. The molecular formula is C13H24N2. The number of hydrogen-bond acceptors (Lipinski definition) is 2. The topological polar surface area (TPSA) is 15.3 Å². The van der Waals surface area contributed by atoms with Gasteiger partial charge in [-0.3, -0.25) is 4.90 Å². The molecule has 0 bridgehead atoms. The van der Waals surface area contributed by atoms with Gasteiger partial charge >= 0.3 is 0 Å². The summed E-state index contributed by atoms with van der Waals surface area (Å²) in [6.45, 7) is 7.68. The Morgan fingerprint density at radius 2 is 2.13 bits per heavy atom. The molecule has 1 spiro atoms. The molecule has 2 unspecified atom stereocenters. The first kappa shape index (κ1) is 10.1. The van der Waals surface area contributed by atoms with E-state index >= 15 is 0 Å². The summed E-state index contributed by atoms with van der Waals surface area (Å²) in [5.74, 6) is 0.854. The van der Waals surface area contributed by atoms with Crippen LogP contribution in [0, 0.1) is 11.3 Å². The first-order valence-electron chi connectivity index (χ1n) is 6.74. The first-order chi connectivity index (χ1) is 7.29. The molecular weight excluding hydrogens is 184 g/mol. The smallest absolute Gasteiger partial charge is 0.0145 e. The fourth-order valence-corrected chi connectivity index (χ4v) is 3.66. The monoisotopic (exact) mass is 208 g/mol. The molecule has 1 N–H and O–H groups in total. The highest BCUT2D eigenvalue weighted by Crippen LogP contribution is 2.52. The van der Waals surface area contributed by atoms with Gasteiger partial charge in [0.15, 0.2) is 0 Å². The largest absolute Gasteiger partial charge is 0.316 e. The summed E-state index contributed by atoms with van der Waals surface area (Å²) < 4.78 is 0. The van der Waals surface area contributed by atoms with E-state index in [9.17, 15) is 0 Å². The number of nitrogens with zero attached hydrogens (tertiary/aromatic N) is 1. The summed E-state index contributed by atoms with van der Waals surface area (Å²) in [7, 11) is 0. The molecule has 2 atom stereocenters. The normalized spacial score (nSPS) is 40.6. The summed E-state index contributed by atoms with van der Waals surface area (Å²) in [5.41, 5.74) is 0.794. The average Bonchev–Trinajstić information content (AvgIpc) is 2.98. The molecule has 15 heavy (non-hydrogen) atoms. The second-order valence-corrected chi connectivity index (χ2v) is 6.11. The number of likely N-dealkylation sites (tertiary alicyclic amines) is 1. The summed E-state index contributed by atoms with van der Waals surface area (Å²) >= 11 is 0. The van der Waals surface area contributed by atoms with E-state index in [1.54, 1.807) is 0 Å². The van der Waals surface area contributed by atoms with Gasteiger partial charge in [-0.1, -0.05) is 6.92 Å². The number of hydrogen-bond donors (Lipinski definition) is 1. The molecule has 3 aliphatic rings. The Kier molecular flexibility index (Phi) is 2.52. The van der Waals surface area contributed by atoms with Crippen molar-refractivity contribution in [3.05, 3.63) is 0 Å². The number of piperidine rings is 2. The average molecular weight is 208 g/mol. The van der Waals surface area contributed by atoms with Gasteiger partial charge in [0.25, 0.3) is 0 Å². The minimum absolute atomic E-state index is 0.794. The van der Waals surface area contributed by atoms with Crippen molar-refractivity contribution < 1.29 is 0 Å². The summed E-state index contributed by atoms with van der Waals surface area (Å²) in [6, 6.07) is 0.879. The van der Waals surface area contributed by atoms with Gasteiger partial charge in [0.2, 0.25) is 0 Å². The summed E-state index contributed by atoms with van der Waals surface area (Å²) in [4.78, 5) is 2.82. The van der Waals surface area contributed by atoms with Gasteiger partial charge in [0, 0.05) is 12.6 Å². The van der Waals surface area contributed by atoms with Crippen LogP contribution in [0.4, 0.5) is 0 Å². The van der Waals surface area contributed by atoms with Crippen LogP contribution < -0.4 is 5.32 Å².